The number of nitrogens with one attached hydrogen (secondary N) is 2. The second-order valence-electron chi connectivity index (χ2n) is 6.78. The zero-order valence-corrected chi connectivity index (χ0v) is 18.6. The number of aliphatic imine (C=N–C) groups is 1. The number of nitrogens with zero attached hydrogens (tertiary/aromatic N) is 3. The Bertz CT molecular complexity index is 568. The van der Waals surface area contributed by atoms with E-state index in [9.17, 15) is 4.79 Å². The fourth-order valence-corrected chi connectivity index (χ4v) is 3.91. The van der Waals surface area contributed by atoms with Crippen molar-refractivity contribution in [1.82, 2.24) is 20.4 Å². The molecule has 0 radical (unpaired) electrons. The molecule has 2 N–H and O–H groups in total. The number of amides is 1. The highest BCUT2D eigenvalue weighted by Gasteiger charge is 2.30. The minimum Gasteiger partial charge on any atom is -0.355 e. The summed E-state index contributed by atoms with van der Waals surface area (Å²) < 4.78 is 0. The van der Waals surface area contributed by atoms with Crippen LogP contribution in [0.3, 0.4) is 0 Å². The average Bonchev–Trinajstić information content (AvgIpc) is 3.10. The van der Waals surface area contributed by atoms with E-state index >= 15 is 0 Å². The SMILES string of the molecule is CN=C(NCCN1CCN(C(=O)C2CCC2)CC1)NCc1ccsc1.I. The van der Waals surface area contributed by atoms with Crippen molar-refractivity contribution in [3.63, 3.8) is 0 Å². The Morgan fingerprint density at radius 2 is 2.04 bits per heavy atom. The summed E-state index contributed by atoms with van der Waals surface area (Å²) in [4.78, 5) is 21.0. The molecular formula is C18H30IN5OS. The third-order valence-electron chi connectivity index (χ3n) is 5.12. The van der Waals surface area contributed by atoms with Gasteiger partial charge in [-0.15, -0.1) is 24.0 Å². The Hall–Kier alpha value is -0.870. The van der Waals surface area contributed by atoms with Gasteiger partial charge in [-0.3, -0.25) is 14.7 Å². The van der Waals surface area contributed by atoms with E-state index in [2.05, 4.69) is 42.3 Å². The van der Waals surface area contributed by atoms with Gasteiger partial charge in [-0.1, -0.05) is 6.42 Å². The normalized spacial score (nSPS) is 18.8. The van der Waals surface area contributed by atoms with Crippen molar-refractivity contribution in [1.29, 1.82) is 0 Å². The third-order valence-corrected chi connectivity index (χ3v) is 5.85. The summed E-state index contributed by atoms with van der Waals surface area (Å²) in [6, 6.07) is 2.12. The summed E-state index contributed by atoms with van der Waals surface area (Å²) in [5.74, 6) is 1.55. The van der Waals surface area contributed by atoms with E-state index in [1.54, 1.807) is 18.4 Å². The zero-order chi connectivity index (χ0) is 17.5. The Labute approximate surface area is 177 Å². The molecule has 1 saturated carbocycles. The molecule has 8 heteroatoms. The summed E-state index contributed by atoms with van der Waals surface area (Å²) in [6.07, 6.45) is 3.42. The number of hydrogen-bond donors (Lipinski definition) is 2. The van der Waals surface area contributed by atoms with Gasteiger partial charge < -0.3 is 15.5 Å². The van der Waals surface area contributed by atoms with Crippen LogP contribution in [0.15, 0.2) is 21.8 Å². The smallest absolute Gasteiger partial charge is 0.225 e. The molecule has 0 unspecified atom stereocenters. The lowest BCUT2D eigenvalue weighted by molar-refractivity contribution is -0.139. The molecular weight excluding hydrogens is 461 g/mol. The van der Waals surface area contributed by atoms with Gasteiger partial charge in [0, 0.05) is 58.8 Å². The molecule has 0 aromatic carbocycles. The van der Waals surface area contributed by atoms with Crippen molar-refractivity contribution < 1.29 is 4.79 Å². The first-order chi connectivity index (χ1) is 12.3. The third kappa shape index (κ3) is 6.09. The molecule has 1 aromatic heterocycles. The molecule has 0 spiro atoms. The summed E-state index contributed by atoms with van der Waals surface area (Å²) in [5, 5.41) is 10.9. The van der Waals surface area contributed by atoms with E-state index in [1.165, 1.54) is 12.0 Å². The fraction of sp³-hybridized carbons (Fsp3) is 0.667. The highest BCUT2D eigenvalue weighted by molar-refractivity contribution is 14.0. The van der Waals surface area contributed by atoms with Crippen LogP contribution in [0.1, 0.15) is 24.8 Å². The van der Waals surface area contributed by atoms with Crippen LogP contribution in [0.4, 0.5) is 0 Å². The van der Waals surface area contributed by atoms with E-state index in [0.29, 0.717) is 11.8 Å². The fourth-order valence-electron chi connectivity index (χ4n) is 3.24. The first-order valence-electron chi connectivity index (χ1n) is 9.23. The number of carbonyl (C=O) groups is 1. The summed E-state index contributed by atoms with van der Waals surface area (Å²) >= 11 is 1.71. The molecule has 6 nitrogen and oxygen atoms in total. The minimum absolute atomic E-state index is 0. The number of rotatable bonds is 6. The van der Waals surface area contributed by atoms with Crippen molar-refractivity contribution in [2.45, 2.75) is 25.8 Å². The quantitative estimate of drug-likeness (QED) is 0.363. The number of carbonyl (C=O) groups excluding carboxylic acids is 1. The van der Waals surface area contributed by atoms with E-state index in [0.717, 1.165) is 64.6 Å². The van der Waals surface area contributed by atoms with Gasteiger partial charge in [-0.25, -0.2) is 0 Å². The van der Waals surface area contributed by atoms with E-state index in [1.807, 2.05) is 0 Å². The molecule has 1 aliphatic heterocycles. The zero-order valence-electron chi connectivity index (χ0n) is 15.4. The molecule has 1 amide bonds. The molecule has 1 aromatic rings. The molecule has 146 valence electrons. The largest absolute Gasteiger partial charge is 0.355 e. The van der Waals surface area contributed by atoms with Gasteiger partial charge in [-0.05, 0) is 35.2 Å². The highest BCUT2D eigenvalue weighted by atomic mass is 127. The molecule has 0 atom stereocenters. The van der Waals surface area contributed by atoms with E-state index < -0.39 is 0 Å². The van der Waals surface area contributed by atoms with Gasteiger partial charge in [0.1, 0.15) is 0 Å². The van der Waals surface area contributed by atoms with Crippen LogP contribution in [0.2, 0.25) is 0 Å². The molecule has 1 aliphatic carbocycles. The maximum Gasteiger partial charge on any atom is 0.225 e. The van der Waals surface area contributed by atoms with Crippen molar-refractivity contribution in [3.8, 4) is 0 Å². The topological polar surface area (TPSA) is 60.0 Å². The maximum absolute atomic E-state index is 12.3. The van der Waals surface area contributed by atoms with Gasteiger partial charge >= 0.3 is 0 Å². The Morgan fingerprint density at radius 1 is 1.27 bits per heavy atom. The highest BCUT2D eigenvalue weighted by Crippen LogP contribution is 2.28. The Kier molecular flexibility index (Phi) is 9.13. The van der Waals surface area contributed by atoms with Crippen LogP contribution in [0.5, 0.6) is 0 Å². The number of piperazine rings is 1. The van der Waals surface area contributed by atoms with Crippen LogP contribution >= 0.6 is 35.3 Å². The van der Waals surface area contributed by atoms with Crippen LogP contribution in [0, 0.1) is 5.92 Å². The predicted molar refractivity (Wildman–Crippen MR) is 118 cm³/mol. The Balaban J connectivity index is 0.00000243. The lowest BCUT2D eigenvalue weighted by Crippen LogP contribution is -2.52. The van der Waals surface area contributed by atoms with Crippen molar-refractivity contribution >= 4 is 47.2 Å². The van der Waals surface area contributed by atoms with Crippen molar-refractivity contribution in [3.05, 3.63) is 22.4 Å². The maximum atomic E-state index is 12.3. The monoisotopic (exact) mass is 491 g/mol. The minimum atomic E-state index is 0. The molecule has 2 aliphatic rings. The molecule has 2 heterocycles. The van der Waals surface area contributed by atoms with E-state index in [4.69, 9.17) is 0 Å². The summed E-state index contributed by atoms with van der Waals surface area (Å²) in [7, 11) is 1.80. The molecule has 1 saturated heterocycles. The lowest BCUT2D eigenvalue weighted by Gasteiger charge is -2.38. The molecule has 0 bridgehead atoms. The summed E-state index contributed by atoms with van der Waals surface area (Å²) in [5.41, 5.74) is 1.28. The first-order valence-corrected chi connectivity index (χ1v) is 10.2. The molecule has 26 heavy (non-hydrogen) atoms. The van der Waals surface area contributed by atoms with Crippen molar-refractivity contribution in [2.24, 2.45) is 10.9 Å². The van der Waals surface area contributed by atoms with Gasteiger partial charge in [0.15, 0.2) is 5.96 Å². The predicted octanol–water partition coefficient (Wildman–Crippen LogP) is 1.98. The number of thiophene rings is 1. The van der Waals surface area contributed by atoms with Crippen molar-refractivity contribution in [2.75, 3.05) is 46.3 Å². The van der Waals surface area contributed by atoms with Gasteiger partial charge in [0.2, 0.25) is 5.91 Å². The van der Waals surface area contributed by atoms with Gasteiger partial charge in [0.25, 0.3) is 0 Å². The second-order valence-corrected chi connectivity index (χ2v) is 7.56. The summed E-state index contributed by atoms with van der Waals surface area (Å²) in [6.45, 7) is 6.33. The standard InChI is InChI=1S/C18H29N5OS.HI/c1-19-18(21-13-15-5-12-25-14-15)20-6-7-22-8-10-23(11-9-22)17(24)16-3-2-4-16;/h5,12,14,16H,2-4,6-11,13H2,1H3,(H2,19,20,21);1H. The number of hydrogen-bond acceptors (Lipinski definition) is 4. The van der Waals surface area contributed by atoms with Crippen LogP contribution in [-0.4, -0.2) is 68.0 Å². The number of halogens is 1. The van der Waals surface area contributed by atoms with E-state index in [-0.39, 0.29) is 24.0 Å². The average molecular weight is 491 g/mol. The first kappa shape index (κ1) is 21.4. The van der Waals surface area contributed by atoms with Crippen LogP contribution in [-0.2, 0) is 11.3 Å². The van der Waals surface area contributed by atoms with Gasteiger partial charge in [0.05, 0.1) is 0 Å². The number of guanidine groups is 1. The van der Waals surface area contributed by atoms with Gasteiger partial charge in [-0.2, -0.15) is 11.3 Å². The molecule has 3 rings (SSSR count). The lowest BCUT2D eigenvalue weighted by atomic mass is 9.84. The molecule has 2 fully saturated rings. The van der Waals surface area contributed by atoms with Crippen LogP contribution < -0.4 is 10.6 Å². The van der Waals surface area contributed by atoms with Crippen LogP contribution in [0.25, 0.3) is 0 Å². The Morgan fingerprint density at radius 3 is 2.62 bits per heavy atom. The second kappa shape index (κ2) is 11.1.